The van der Waals surface area contributed by atoms with Crippen LogP contribution >= 0.6 is 0 Å². The highest BCUT2D eigenvalue weighted by molar-refractivity contribution is 5.70. The van der Waals surface area contributed by atoms with E-state index in [9.17, 15) is 0 Å². The highest BCUT2D eigenvalue weighted by Gasteiger charge is 2.29. The van der Waals surface area contributed by atoms with E-state index in [-0.39, 0.29) is 12.0 Å². The summed E-state index contributed by atoms with van der Waals surface area (Å²) in [5, 5.41) is 0. The van der Waals surface area contributed by atoms with Gasteiger partial charge in [0.2, 0.25) is 5.95 Å². The second-order valence-electron chi connectivity index (χ2n) is 6.34. The Kier molecular flexibility index (Phi) is 4.17. The Hall–Kier alpha value is -2.57. The normalized spacial score (nSPS) is 17.0. The van der Waals surface area contributed by atoms with Crippen LogP contribution < -0.4 is 20.3 Å². The first-order valence-corrected chi connectivity index (χ1v) is 8.01. The summed E-state index contributed by atoms with van der Waals surface area (Å²) in [5.74, 6) is 2.03. The molecule has 0 saturated heterocycles. The van der Waals surface area contributed by atoms with Crippen molar-refractivity contribution < 1.29 is 4.74 Å². The molecule has 1 atom stereocenters. The number of methoxy groups -OCH3 is 1. The number of nitrogen functional groups attached to an aromatic ring is 1. The number of rotatable bonds is 3. The highest BCUT2D eigenvalue weighted by atomic mass is 16.5. The second kappa shape index (κ2) is 6.14. The van der Waals surface area contributed by atoms with Gasteiger partial charge in [-0.05, 0) is 20.8 Å². The lowest BCUT2D eigenvalue weighted by atomic mass is 10.1. The summed E-state index contributed by atoms with van der Waals surface area (Å²) in [5.41, 5.74) is 9.89. The van der Waals surface area contributed by atoms with Gasteiger partial charge in [0.15, 0.2) is 5.82 Å². The smallest absolute Gasteiger partial charge is 0.222 e. The van der Waals surface area contributed by atoms with Gasteiger partial charge < -0.3 is 20.3 Å². The molecule has 0 radical (unpaired) electrons. The van der Waals surface area contributed by atoms with Crippen LogP contribution in [0.2, 0.25) is 0 Å². The van der Waals surface area contributed by atoms with Crippen LogP contribution in [0, 0.1) is 13.8 Å². The predicted molar refractivity (Wildman–Crippen MR) is 95.6 cm³/mol. The molecule has 0 unspecified atom stereocenters. The Labute approximate surface area is 142 Å². The molecule has 24 heavy (non-hydrogen) atoms. The number of nitrogens with two attached hydrogens (primary N) is 1. The van der Waals surface area contributed by atoms with E-state index in [2.05, 4.69) is 31.7 Å². The number of ether oxygens (including phenoxy) is 1. The van der Waals surface area contributed by atoms with Crippen molar-refractivity contribution >= 4 is 17.5 Å². The van der Waals surface area contributed by atoms with Crippen molar-refractivity contribution in [3.63, 3.8) is 0 Å². The Bertz CT molecular complexity index is 763. The van der Waals surface area contributed by atoms with Gasteiger partial charge >= 0.3 is 0 Å². The highest BCUT2D eigenvalue weighted by Crippen LogP contribution is 2.34. The van der Waals surface area contributed by atoms with Crippen LogP contribution in [0.3, 0.4) is 0 Å². The number of hydrogen-bond acceptors (Lipinski definition) is 7. The zero-order chi connectivity index (χ0) is 17.4. The molecule has 7 nitrogen and oxygen atoms in total. The first kappa shape index (κ1) is 16.3. The van der Waals surface area contributed by atoms with Crippen molar-refractivity contribution in [2.75, 3.05) is 36.2 Å². The van der Waals surface area contributed by atoms with Crippen molar-refractivity contribution in [2.24, 2.45) is 0 Å². The summed E-state index contributed by atoms with van der Waals surface area (Å²) in [6.45, 7) is 7.77. The largest absolute Gasteiger partial charge is 0.496 e. The SMILES string of the molecule is COc1c(C)cnc(CN2c3nc(N)ncc3N(C)C[C@H]2C)c1C. The molecule has 1 aliphatic rings. The van der Waals surface area contributed by atoms with Gasteiger partial charge in [-0.3, -0.25) is 4.98 Å². The third kappa shape index (κ3) is 2.70. The standard InChI is InChI=1S/C17H24N6O/c1-10-6-19-13(12(3)15(10)24-5)9-23-11(2)8-22(4)14-7-20-17(18)21-16(14)23/h6-7,11H,8-9H2,1-5H3,(H2,18,20,21)/t11-/m1/s1. The minimum atomic E-state index is 0.283. The Morgan fingerprint density at radius 1 is 1.29 bits per heavy atom. The van der Waals surface area contributed by atoms with Crippen LogP contribution in [-0.2, 0) is 6.54 Å². The number of fused-ring (bicyclic) bond motifs is 1. The molecule has 3 rings (SSSR count). The maximum absolute atomic E-state index is 5.82. The van der Waals surface area contributed by atoms with Gasteiger partial charge in [-0.15, -0.1) is 0 Å². The van der Waals surface area contributed by atoms with Gasteiger partial charge in [-0.1, -0.05) is 0 Å². The monoisotopic (exact) mass is 328 g/mol. The van der Waals surface area contributed by atoms with E-state index in [0.29, 0.717) is 6.54 Å². The second-order valence-corrected chi connectivity index (χ2v) is 6.34. The van der Waals surface area contributed by atoms with Gasteiger partial charge in [0, 0.05) is 37.0 Å². The number of hydrogen-bond donors (Lipinski definition) is 1. The van der Waals surface area contributed by atoms with Crippen LogP contribution in [0.5, 0.6) is 5.75 Å². The van der Waals surface area contributed by atoms with E-state index < -0.39 is 0 Å². The quantitative estimate of drug-likeness (QED) is 0.922. The molecule has 0 bridgehead atoms. The molecule has 0 spiro atoms. The molecule has 7 heteroatoms. The van der Waals surface area contributed by atoms with E-state index in [0.717, 1.165) is 40.6 Å². The Balaban J connectivity index is 2.02. The first-order chi connectivity index (χ1) is 11.4. The van der Waals surface area contributed by atoms with Gasteiger partial charge in [-0.25, -0.2) is 4.98 Å². The lowest BCUT2D eigenvalue weighted by Crippen LogP contribution is -2.46. The molecule has 128 valence electrons. The predicted octanol–water partition coefficient (Wildman–Crippen LogP) is 1.92. The maximum atomic E-state index is 5.82. The van der Waals surface area contributed by atoms with Crippen LogP contribution in [0.15, 0.2) is 12.4 Å². The molecule has 2 N–H and O–H groups in total. The van der Waals surface area contributed by atoms with Gasteiger partial charge in [0.05, 0.1) is 31.2 Å². The number of pyridine rings is 1. The summed E-state index contributed by atoms with van der Waals surface area (Å²) in [4.78, 5) is 17.6. The molecule has 0 fully saturated rings. The van der Waals surface area contributed by atoms with Crippen molar-refractivity contribution in [2.45, 2.75) is 33.4 Å². The third-order valence-electron chi connectivity index (χ3n) is 4.59. The summed E-state index contributed by atoms with van der Waals surface area (Å²) < 4.78 is 5.53. The molecule has 0 saturated carbocycles. The average molecular weight is 328 g/mol. The van der Waals surface area contributed by atoms with E-state index in [1.165, 1.54) is 0 Å². The van der Waals surface area contributed by atoms with Crippen LogP contribution in [0.4, 0.5) is 17.5 Å². The van der Waals surface area contributed by atoms with Gasteiger partial charge in [-0.2, -0.15) is 4.98 Å². The zero-order valence-corrected chi connectivity index (χ0v) is 14.9. The lowest BCUT2D eigenvalue weighted by molar-refractivity contribution is 0.406. The van der Waals surface area contributed by atoms with Crippen molar-refractivity contribution in [3.8, 4) is 5.75 Å². The molecule has 3 heterocycles. The van der Waals surface area contributed by atoms with E-state index >= 15 is 0 Å². The van der Waals surface area contributed by atoms with Gasteiger partial charge in [0.1, 0.15) is 5.75 Å². The molecule has 1 aliphatic heterocycles. The third-order valence-corrected chi connectivity index (χ3v) is 4.59. The number of anilines is 3. The number of aromatic nitrogens is 3. The fourth-order valence-corrected chi connectivity index (χ4v) is 3.28. The molecule has 2 aromatic rings. The average Bonchev–Trinajstić information content (AvgIpc) is 2.53. The number of likely N-dealkylation sites (N-methyl/N-ethyl adjacent to an activating group) is 1. The summed E-state index contributed by atoms with van der Waals surface area (Å²) in [6.07, 6.45) is 3.64. The molecular formula is C17H24N6O. The maximum Gasteiger partial charge on any atom is 0.222 e. The van der Waals surface area contributed by atoms with Crippen molar-refractivity contribution in [3.05, 3.63) is 29.2 Å². The summed E-state index contributed by atoms with van der Waals surface area (Å²) >= 11 is 0. The molecular weight excluding hydrogens is 304 g/mol. The van der Waals surface area contributed by atoms with Crippen LogP contribution in [0.1, 0.15) is 23.7 Å². The first-order valence-electron chi connectivity index (χ1n) is 8.01. The minimum absolute atomic E-state index is 0.283. The molecule has 0 aliphatic carbocycles. The van der Waals surface area contributed by atoms with E-state index in [1.54, 1.807) is 13.3 Å². The molecule has 2 aromatic heterocycles. The van der Waals surface area contributed by atoms with Gasteiger partial charge in [0.25, 0.3) is 0 Å². The number of nitrogens with zero attached hydrogens (tertiary/aromatic N) is 5. The van der Waals surface area contributed by atoms with Crippen molar-refractivity contribution in [1.82, 2.24) is 15.0 Å². The Morgan fingerprint density at radius 2 is 2.04 bits per heavy atom. The topological polar surface area (TPSA) is 80.4 Å². The lowest BCUT2D eigenvalue weighted by Gasteiger charge is -2.40. The van der Waals surface area contributed by atoms with E-state index in [1.807, 2.05) is 27.1 Å². The zero-order valence-electron chi connectivity index (χ0n) is 14.9. The van der Waals surface area contributed by atoms with E-state index in [4.69, 9.17) is 10.5 Å². The van der Waals surface area contributed by atoms with Crippen LogP contribution in [-0.4, -0.2) is 41.7 Å². The Morgan fingerprint density at radius 3 is 2.75 bits per heavy atom. The summed E-state index contributed by atoms with van der Waals surface area (Å²) in [7, 11) is 3.74. The van der Waals surface area contributed by atoms with Crippen LogP contribution in [0.25, 0.3) is 0 Å². The minimum Gasteiger partial charge on any atom is -0.496 e. The fraction of sp³-hybridized carbons (Fsp3) is 0.471. The molecule has 0 aromatic carbocycles. The van der Waals surface area contributed by atoms with Crippen molar-refractivity contribution in [1.29, 1.82) is 0 Å². The fourth-order valence-electron chi connectivity index (χ4n) is 3.28. The number of aryl methyl sites for hydroxylation is 1. The summed E-state index contributed by atoms with van der Waals surface area (Å²) in [6, 6.07) is 0.283. The molecule has 0 amide bonds.